The summed E-state index contributed by atoms with van der Waals surface area (Å²) in [5.41, 5.74) is -1.14. The van der Waals surface area contributed by atoms with Crippen molar-refractivity contribution in [3.63, 3.8) is 0 Å². The van der Waals surface area contributed by atoms with Crippen molar-refractivity contribution >= 4 is 11.6 Å². The number of nitro groups is 1. The number of benzene rings is 1. The number of amides is 1. The molecule has 1 heterocycles. The predicted molar refractivity (Wildman–Crippen MR) is 71.0 cm³/mol. The molecular weight excluding hydrogens is 284 g/mol. The monoisotopic (exact) mass is 299 g/mol. The summed E-state index contributed by atoms with van der Waals surface area (Å²) in [5, 5.41) is 10.9. The third kappa shape index (κ3) is 2.99. The Balaban J connectivity index is 2.35. The van der Waals surface area contributed by atoms with Crippen LogP contribution >= 0.6 is 0 Å². The van der Waals surface area contributed by atoms with E-state index in [9.17, 15) is 23.7 Å². The van der Waals surface area contributed by atoms with Gasteiger partial charge in [0.25, 0.3) is 11.6 Å². The van der Waals surface area contributed by atoms with Gasteiger partial charge < -0.3 is 9.80 Å². The van der Waals surface area contributed by atoms with E-state index in [1.807, 2.05) is 18.9 Å². The molecule has 0 radical (unpaired) electrons. The van der Waals surface area contributed by atoms with E-state index < -0.39 is 33.7 Å². The van der Waals surface area contributed by atoms with Crippen LogP contribution in [0.25, 0.3) is 0 Å². The number of halogens is 2. The maximum Gasteiger partial charge on any atom is 0.285 e. The summed E-state index contributed by atoms with van der Waals surface area (Å²) >= 11 is 0. The summed E-state index contributed by atoms with van der Waals surface area (Å²) < 4.78 is 26.4. The Labute approximate surface area is 120 Å². The van der Waals surface area contributed by atoms with Crippen LogP contribution in [-0.2, 0) is 0 Å². The standard InChI is InChI=1S/C13H15F2N3O3/c1-8-7-17(4-3-16(8)2)13(19)9-5-10(14)11(15)6-12(9)18(20)21/h5-6,8H,3-4,7H2,1-2H3. The molecule has 1 aromatic rings. The number of piperazine rings is 1. The first-order valence-corrected chi connectivity index (χ1v) is 6.44. The number of hydrogen-bond donors (Lipinski definition) is 0. The molecule has 0 aliphatic carbocycles. The zero-order valence-corrected chi connectivity index (χ0v) is 11.7. The van der Waals surface area contributed by atoms with E-state index in [1.165, 1.54) is 4.90 Å². The first-order chi connectivity index (χ1) is 9.81. The fraction of sp³-hybridized carbons (Fsp3) is 0.462. The highest BCUT2D eigenvalue weighted by atomic mass is 19.2. The lowest BCUT2D eigenvalue weighted by Gasteiger charge is -2.37. The summed E-state index contributed by atoms with van der Waals surface area (Å²) in [4.78, 5) is 25.9. The van der Waals surface area contributed by atoms with Crippen molar-refractivity contribution in [2.75, 3.05) is 26.7 Å². The van der Waals surface area contributed by atoms with E-state index >= 15 is 0 Å². The van der Waals surface area contributed by atoms with Gasteiger partial charge >= 0.3 is 0 Å². The van der Waals surface area contributed by atoms with Crippen LogP contribution in [0.5, 0.6) is 0 Å². The molecule has 21 heavy (non-hydrogen) atoms. The highest BCUT2D eigenvalue weighted by molar-refractivity contribution is 5.98. The van der Waals surface area contributed by atoms with E-state index in [-0.39, 0.29) is 6.04 Å². The van der Waals surface area contributed by atoms with E-state index in [0.717, 1.165) is 0 Å². The summed E-state index contributed by atoms with van der Waals surface area (Å²) in [7, 11) is 1.91. The van der Waals surface area contributed by atoms with Crippen LogP contribution in [0, 0.1) is 21.7 Å². The molecule has 1 unspecified atom stereocenters. The molecule has 0 saturated carbocycles. The average Bonchev–Trinajstić information content (AvgIpc) is 2.43. The van der Waals surface area contributed by atoms with E-state index in [1.54, 1.807) is 0 Å². The Kier molecular flexibility index (Phi) is 4.17. The highest BCUT2D eigenvalue weighted by Gasteiger charge is 2.30. The van der Waals surface area contributed by atoms with E-state index in [4.69, 9.17) is 0 Å². The maximum atomic E-state index is 13.3. The van der Waals surface area contributed by atoms with Gasteiger partial charge in [0.1, 0.15) is 5.56 Å². The van der Waals surface area contributed by atoms with E-state index in [0.29, 0.717) is 31.8 Å². The minimum absolute atomic E-state index is 0.0899. The van der Waals surface area contributed by atoms with Crippen molar-refractivity contribution < 1.29 is 18.5 Å². The third-order valence-electron chi connectivity index (χ3n) is 3.71. The zero-order valence-electron chi connectivity index (χ0n) is 11.7. The molecule has 1 saturated heterocycles. The lowest BCUT2D eigenvalue weighted by atomic mass is 10.1. The number of nitrogens with zero attached hydrogens (tertiary/aromatic N) is 3. The van der Waals surface area contributed by atoms with Gasteiger partial charge in [-0.05, 0) is 20.0 Å². The highest BCUT2D eigenvalue weighted by Crippen LogP contribution is 2.24. The maximum absolute atomic E-state index is 13.3. The summed E-state index contributed by atoms with van der Waals surface area (Å²) in [5.74, 6) is -3.27. The van der Waals surface area contributed by atoms with Gasteiger partial charge in [0.2, 0.25) is 0 Å². The van der Waals surface area contributed by atoms with Gasteiger partial charge in [0.15, 0.2) is 11.6 Å². The summed E-state index contributed by atoms with van der Waals surface area (Å²) in [6, 6.07) is 1.13. The molecule has 8 heteroatoms. The third-order valence-corrected chi connectivity index (χ3v) is 3.71. The molecule has 0 spiro atoms. The number of carbonyl (C=O) groups is 1. The Bertz CT molecular complexity index is 594. The molecule has 1 aromatic carbocycles. The van der Waals surface area contributed by atoms with Crippen LogP contribution in [0.1, 0.15) is 17.3 Å². The molecule has 0 aromatic heterocycles. The molecule has 0 N–H and O–H groups in total. The fourth-order valence-corrected chi connectivity index (χ4v) is 2.26. The van der Waals surface area contributed by atoms with Crippen molar-refractivity contribution in [3.05, 3.63) is 39.4 Å². The lowest BCUT2D eigenvalue weighted by molar-refractivity contribution is -0.385. The quantitative estimate of drug-likeness (QED) is 0.615. The molecule has 0 bridgehead atoms. The van der Waals surface area contributed by atoms with Crippen LogP contribution < -0.4 is 0 Å². The Morgan fingerprint density at radius 1 is 1.33 bits per heavy atom. The van der Waals surface area contributed by atoms with Crippen LogP contribution in [0.15, 0.2) is 12.1 Å². The molecular formula is C13H15F2N3O3. The first kappa shape index (κ1) is 15.3. The molecule has 2 rings (SSSR count). The Hall–Kier alpha value is -2.09. The minimum atomic E-state index is -1.34. The van der Waals surface area contributed by atoms with Crippen LogP contribution in [0.3, 0.4) is 0 Å². The normalized spacial score (nSPS) is 19.6. The number of rotatable bonds is 2. The van der Waals surface area contributed by atoms with Crippen molar-refractivity contribution in [2.24, 2.45) is 0 Å². The average molecular weight is 299 g/mol. The van der Waals surface area contributed by atoms with Crippen LogP contribution in [0.4, 0.5) is 14.5 Å². The van der Waals surface area contributed by atoms with Crippen molar-refractivity contribution in [1.29, 1.82) is 0 Å². The smallest absolute Gasteiger partial charge is 0.285 e. The minimum Gasteiger partial charge on any atom is -0.336 e. The Morgan fingerprint density at radius 2 is 1.95 bits per heavy atom. The van der Waals surface area contributed by atoms with Gasteiger partial charge in [-0.3, -0.25) is 14.9 Å². The van der Waals surface area contributed by atoms with Crippen LogP contribution in [0.2, 0.25) is 0 Å². The molecule has 1 aliphatic rings. The largest absolute Gasteiger partial charge is 0.336 e. The zero-order chi connectivity index (χ0) is 15.7. The second-order valence-corrected chi connectivity index (χ2v) is 5.12. The van der Waals surface area contributed by atoms with Gasteiger partial charge in [-0.25, -0.2) is 8.78 Å². The van der Waals surface area contributed by atoms with Crippen molar-refractivity contribution in [2.45, 2.75) is 13.0 Å². The fourth-order valence-electron chi connectivity index (χ4n) is 2.26. The number of likely N-dealkylation sites (N-methyl/N-ethyl adjacent to an activating group) is 1. The van der Waals surface area contributed by atoms with Crippen molar-refractivity contribution in [3.8, 4) is 0 Å². The molecule has 6 nitrogen and oxygen atoms in total. The molecule has 114 valence electrons. The second kappa shape index (κ2) is 5.72. The first-order valence-electron chi connectivity index (χ1n) is 6.44. The molecule has 1 atom stereocenters. The van der Waals surface area contributed by atoms with Crippen LogP contribution in [-0.4, -0.2) is 53.4 Å². The number of nitro benzene ring substituents is 1. The second-order valence-electron chi connectivity index (χ2n) is 5.12. The van der Waals surface area contributed by atoms with Gasteiger partial charge in [0, 0.05) is 25.7 Å². The van der Waals surface area contributed by atoms with Crippen molar-refractivity contribution in [1.82, 2.24) is 9.80 Å². The summed E-state index contributed by atoms with van der Waals surface area (Å²) in [6.07, 6.45) is 0. The predicted octanol–water partition coefficient (Wildman–Crippen LogP) is 1.65. The topological polar surface area (TPSA) is 66.7 Å². The van der Waals surface area contributed by atoms with E-state index in [2.05, 4.69) is 0 Å². The number of hydrogen-bond acceptors (Lipinski definition) is 4. The summed E-state index contributed by atoms with van der Waals surface area (Å²) in [6.45, 7) is 3.30. The van der Waals surface area contributed by atoms with Gasteiger partial charge in [-0.15, -0.1) is 0 Å². The number of carbonyl (C=O) groups excluding carboxylic acids is 1. The van der Waals surface area contributed by atoms with Gasteiger partial charge in [-0.1, -0.05) is 0 Å². The molecule has 1 fully saturated rings. The molecule has 1 aliphatic heterocycles. The lowest BCUT2D eigenvalue weighted by Crippen LogP contribution is -2.52. The van der Waals surface area contributed by atoms with Gasteiger partial charge in [-0.2, -0.15) is 0 Å². The molecule has 1 amide bonds. The Morgan fingerprint density at radius 3 is 2.52 bits per heavy atom. The van der Waals surface area contributed by atoms with Gasteiger partial charge in [0.05, 0.1) is 11.0 Å². The SMILES string of the molecule is CC1CN(C(=O)c2cc(F)c(F)cc2[N+](=O)[O-])CCN1C.